The van der Waals surface area contributed by atoms with Gasteiger partial charge in [0, 0.05) is 10.9 Å². The number of hydrogen-bond acceptors (Lipinski definition) is 4. The molecule has 0 spiro atoms. The largest absolute Gasteiger partial charge is 0.331 e. The van der Waals surface area contributed by atoms with Crippen molar-refractivity contribution >= 4 is 22.9 Å². The molecule has 0 radical (unpaired) electrons. The lowest BCUT2D eigenvalue weighted by molar-refractivity contribution is -0.105. The Balaban J connectivity index is 0.000000492. The Labute approximate surface area is 111 Å². The van der Waals surface area contributed by atoms with Gasteiger partial charge in [-0.3, -0.25) is 4.79 Å². The molecule has 96 valence electrons. The first-order chi connectivity index (χ1) is 8.71. The van der Waals surface area contributed by atoms with Crippen LogP contribution in [-0.4, -0.2) is 17.9 Å². The molecule has 18 heavy (non-hydrogen) atoms. The summed E-state index contributed by atoms with van der Waals surface area (Å²) in [6.45, 7) is 4.69. The maximum Gasteiger partial charge on any atom is 0.213 e. The van der Waals surface area contributed by atoms with Gasteiger partial charge in [-0.2, -0.15) is 0 Å². The summed E-state index contributed by atoms with van der Waals surface area (Å²) in [6, 6.07) is 8.11. The Morgan fingerprint density at radius 2 is 2.22 bits per heavy atom. The molecule has 3 N–H and O–H groups in total. The molecule has 0 fully saturated rings. The van der Waals surface area contributed by atoms with Gasteiger partial charge in [-0.05, 0) is 19.5 Å². The Hall–Kier alpha value is -1.72. The van der Waals surface area contributed by atoms with Gasteiger partial charge in [0.2, 0.25) is 6.41 Å². The number of benzene rings is 1. The van der Waals surface area contributed by atoms with Crippen LogP contribution < -0.4 is 11.1 Å². The van der Waals surface area contributed by atoms with Crippen LogP contribution in [0.15, 0.2) is 29.6 Å². The highest BCUT2D eigenvalue weighted by Gasteiger charge is 2.03. The van der Waals surface area contributed by atoms with E-state index in [1.54, 1.807) is 0 Å². The molecule has 0 aliphatic carbocycles. The summed E-state index contributed by atoms with van der Waals surface area (Å²) in [4.78, 5) is 14.5. The summed E-state index contributed by atoms with van der Waals surface area (Å²) >= 11 is 1.42. The lowest BCUT2D eigenvalue weighted by atomic mass is 10.1. The summed E-state index contributed by atoms with van der Waals surface area (Å²) < 4.78 is 0. The van der Waals surface area contributed by atoms with Crippen LogP contribution in [-0.2, 0) is 4.79 Å². The highest BCUT2D eigenvalue weighted by molar-refractivity contribution is 7.14. The average Bonchev–Trinajstić information content (AvgIpc) is 2.79. The zero-order valence-corrected chi connectivity index (χ0v) is 11.3. The number of aromatic nitrogens is 1. The van der Waals surface area contributed by atoms with E-state index in [4.69, 9.17) is 5.73 Å². The van der Waals surface area contributed by atoms with E-state index in [9.17, 15) is 4.79 Å². The number of anilines is 1. The van der Waals surface area contributed by atoms with Crippen LogP contribution in [0.25, 0.3) is 11.3 Å². The number of amides is 1. The van der Waals surface area contributed by atoms with Gasteiger partial charge in [-0.25, -0.2) is 4.98 Å². The Kier molecular flexibility index (Phi) is 6.04. The average molecular weight is 263 g/mol. The molecule has 0 saturated carbocycles. The maximum absolute atomic E-state index is 10.2. The van der Waals surface area contributed by atoms with Crippen molar-refractivity contribution in [1.82, 2.24) is 4.98 Å². The SMILES string of the molecule is CCN.Cc1cccc(-c2csc(NC=O)n2)c1. The molecule has 5 heteroatoms. The van der Waals surface area contributed by atoms with Gasteiger partial charge in [0.25, 0.3) is 0 Å². The van der Waals surface area contributed by atoms with Gasteiger partial charge in [0.05, 0.1) is 5.69 Å². The summed E-state index contributed by atoms with van der Waals surface area (Å²) in [5.74, 6) is 0. The van der Waals surface area contributed by atoms with Crippen molar-refractivity contribution in [1.29, 1.82) is 0 Å². The molecule has 0 aliphatic heterocycles. The first-order valence-corrected chi connectivity index (χ1v) is 6.52. The number of nitrogens with zero attached hydrogens (tertiary/aromatic N) is 1. The number of thiazole rings is 1. The second-order valence-corrected chi connectivity index (χ2v) is 4.44. The van der Waals surface area contributed by atoms with E-state index in [0.29, 0.717) is 11.5 Å². The number of nitrogens with one attached hydrogen (secondary N) is 1. The fraction of sp³-hybridized carbons (Fsp3) is 0.231. The molecule has 0 bridgehead atoms. The second kappa shape index (κ2) is 7.58. The molecule has 0 unspecified atom stereocenters. The van der Waals surface area contributed by atoms with Crippen LogP contribution in [0.4, 0.5) is 5.13 Å². The van der Waals surface area contributed by atoms with Crippen molar-refractivity contribution in [2.24, 2.45) is 5.73 Å². The molecule has 1 aromatic heterocycles. The first-order valence-electron chi connectivity index (χ1n) is 5.64. The molecule has 1 aromatic carbocycles. The van der Waals surface area contributed by atoms with E-state index < -0.39 is 0 Å². The normalized spacial score (nSPS) is 9.28. The topological polar surface area (TPSA) is 68.0 Å². The predicted molar refractivity (Wildman–Crippen MR) is 76.7 cm³/mol. The minimum atomic E-state index is 0.626. The van der Waals surface area contributed by atoms with Crippen LogP contribution in [0.1, 0.15) is 12.5 Å². The van der Waals surface area contributed by atoms with Gasteiger partial charge < -0.3 is 11.1 Å². The third-order valence-corrected chi connectivity index (χ3v) is 2.77. The van der Waals surface area contributed by atoms with Crippen LogP contribution >= 0.6 is 11.3 Å². The van der Waals surface area contributed by atoms with Crippen molar-refractivity contribution in [3.8, 4) is 11.3 Å². The molecule has 0 atom stereocenters. The summed E-state index contributed by atoms with van der Waals surface area (Å²) in [7, 11) is 0. The molecule has 0 aliphatic rings. The van der Waals surface area contributed by atoms with E-state index in [1.807, 2.05) is 37.4 Å². The molecule has 2 rings (SSSR count). The third kappa shape index (κ3) is 4.27. The minimum Gasteiger partial charge on any atom is -0.331 e. The number of aryl methyl sites for hydroxylation is 1. The van der Waals surface area contributed by atoms with Crippen LogP contribution in [0.2, 0.25) is 0 Å². The molecular weight excluding hydrogens is 246 g/mol. The zero-order chi connectivity index (χ0) is 13.4. The Bertz CT molecular complexity index is 496. The second-order valence-electron chi connectivity index (χ2n) is 3.58. The highest BCUT2D eigenvalue weighted by Crippen LogP contribution is 2.24. The molecule has 4 nitrogen and oxygen atoms in total. The zero-order valence-electron chi connectivity index (χ0n) is 10.5. The van der Waals surface area contributed by atoms with E-state index in [-0.39, 0.29) is 0 Å². The molecule has 1 amide bonds. The van der Waals surface area contributed by atoms with Gasteiger partial charge in [0.15, 0.2) is 5.13 Å². The molecule has 0 saturated heterocycles. The fourth-order valence-electron chi connectivity index (χ4n) is 1.33. The smallest absolute Gasteiger partial charge is 0.213 e. The minimum absolute atomic E-state index is 0.626. The van der Waals surface area contributed by atoms with Crippen molar-refractivity contribution in [3.05, 3.63) is 35.2 Å². The fourth-order valence-corrected chi connectivity index (χ4v) is 2.01. The number of nitrogens with two attached hydrogens (primary N) is 1. The molecular formula is C13H17N3OS. The monoisotopic (exact) mass is 263 g/mol. The Morgan fingerprint density at radius 1 is 1.50 bits per heavy atom. The van der Waals surface area contributed by atoms with Crippen molar-refractivity contribution in [2.75, 3.05) is 11.9 Å². The third-order valence-electron chi connectivity index (χ3n) is 2.00. The number of hydrogen-bond donors (Lipinski definition) is 2. The highest BCUT2D eigenvalue weighted by atomic mass is 32.1. The Morgan fingerprint density at radius 3 is 2.83 bits per heavy atom. The number of carbonyl (C=O) groups excluding carboxylic acids is 1. The van der Waals surface area contributed by atoms with Crippen LogP contribution in [0, 0.1) is 6.92 Å². The predicted octanol–water partition coefficient (Wildman–Crippen LogP) is 2.65. The number of rotatable bonds is 3. The number of carbonyl (C=O) groups is 1. The first kappa shape index (κ1) is 14.3. The quantitative estimate of drug-likeness (QED) is 0.836. The van der Waals surface area contributed by atoms with E-state index in [2.05, 4.69) is 16.4 Å². The van der Waals surface area contributed by atoms with E-state index in [1.165, 1.54) is 16.9 Å². The lowest BCUT2D eigenvalue weighted by Gasteiger charge is -1.97. The maximum atomic E-state index is 10.2. The van der Waals surface area contributed by atoms with Gasteiger partial charge in [-0.1, -0.05) is 30.7 Å². The van der Waals surface area contributed by atoms with Gasteiger partial charge >= 0.3 is 0 Å². The van der Waals surface area contributed by atoms with Gasteiger partial charge in [-0.15, -0.1) is 11.3 Å². The lowest BCUT2D eigenvalue weighted by Crippen LogP contribution is -1.92. The summed E-state index contributed by atoms with van der Waals surface area (Å²) in [6.07, 6.45) is 0.638. The van der Waals surface area contributed by atoms with Crippen LogP contribution in [0.5, 0.6) is 0 Å². The summed E-state index contributed by atoms with van der Waals surface area (Å²) in [5, 5.41) is 5.10. The molecule has 2 aromatic rings. The van der Waals surface area contributed by atoms with Crippen molar-refractivity contribution in [2.45, 2.75) is 13.8 Å². The standard InChI is InChI=1S/C11H10N2OS.C2H7N/c1-8-3-2-4-9(5-8)10-6-15-11(13-10)12-7-14;1-2-3/h2-7H,1H3,(H,12,13,14);2-3H2,1H3. The molecule has 1 heterocycles. The van der Waals surface area contributed by atoms with Gasteiger partial charge in [0.1, 0.15) is 0 Å². The van der Waals surface area contributed by atoms with E-state index in [0.717, 1.165) is 17.8 Å². The van der Waals surface area contributed by atoms with E-state index >= 15 is 0 Å². The summed E-state index contributed by atoms with van der Waals surface area (Å²) in [5.41, 5.74) is 8.02. The van der Waals surface area contributed by atoms with Crippen molar-refractivity contribution in [3.63, 3.8) is 0 Å². The van der Waals surface area contributed by atoms with Crippen molar-refractivity contribution < 1.29 is 4.79 Å². The van der Waals surface area contributed by atoms with Crippen LogP contribution in [0.3, 0.4) is 0 Å².